The van der Waals surface area contributed by atoms with Crippen LogP contribution in [0.15, 0.2) is 36.4 Å². The Bertz CT molecular complexity index is 496. The number of aromatic nitrogens is 1. The maximum absolute atomic E-state index is 5.68. The number of nitrogens with zero attached hydrogens (tertiary/aromatic N) is 2. The zero-order valence-electron chi connectivity index (χ0n) is 11.0. The van der Waals surface area contributed by atoms with E-state index in [0.717, 1.165) is 24.4 Å². The van der Waals surface area contributed by atoms with Crippen LogP contribution in [0.4, 0.5) is 5.82 Å². The average Bonchev–Trinajstić information content (AvgIpc) is 2.43. The molecule has 2 N–H and O–H groups in total. The van der Waals surface area contributed by atoms with Gasteiger partial charge in [0.15, 0.2) is 0 Å². The first kappa shape index (κ1) is 12.8. The van der Waals surface area contributed by atoms with Crippen LogP contribution < -0.4 is 10.6 Å². The molecule has 1 heterocycles. The minimum absolute atomic E-state index is 0.665. The zero-order valence-corrected chi connectivity index (χ0v) is 11.0. The van der Waals surface area contributed by atoms with E-state index in [2.05, 4.69) is 36.1 Å². The lowest BCUT2D eigenvalue weighted by atomic mass is 10.2. The predicted molar refractivity (Wildman–Crippen MR) is 77.9 cm³/mol. The van der Waals surface area contributed by atoms with Crippen molar-refractivity contribution in [3.05, 3.63) is 36.4 Å². The lowest BCUT2D eigenvalue weighted by Gasteiger charge is -2.23. The molecule has 0 aliphatic rings. The normalized spacial score (nSPS) is 10.8. The molecule has 0 aliphatic carbocycles. The molecule has 0 amide bonds. The van der Waals surface area contributed by atoms with E-state index in [0.29, 0.717) is 6.54 Å². The van der Waals surface area contributed by atoms with Crippen LogP contribution in [0.5, 0.6) is 0 Å². The van der Waals surface area contributed by atoms with Crippen molar-refractivity contribution < 1.29 is 0 Å². The van der Waals surface area contributed by atoms with Crippen LogP contribution in [0.2, 0.25) is 0 Å². The number of para-hydroxylation sites is 1. The Morgan fingerprint density at radius 1 is 1.11 bits per heavy atom. The van der Waals surface area contributed by atoms with Gasteiger partial charge >= 0.3 is 0 Å². The SMILES string of the molecule is CCCCN(CCN)c1ccc2ccccc2n1. The first-order chi connectivity index (χ1) is 8.85. The molecule has 0 bridgehead atoms. The van der Waals surface area contributed by atoms with Crippen LogP contribution >= 0.6 is 0 Å². The van der Waals surface area contributed by atoms with E-state index in [9.17, 15) is 0 Å². The van der Waals surface area contributed by atoms with Gasteiger partial charge in [-0.1, -0.05) is 31.5 Å². The van der Waals surface area contributed by atoms with Gasteiger partial charge in [-0.15, -0.1) is 0 Å². The van der Waals surface area contributed by atoms with Gasteiger partial charge in [0.1, 0.15) is 5.82 Å². The standard InChI is InChI=1S/C15H21N3/c1-2-3-11-18(12-10-16)15-9-8-13-6-4-5-7-14(13)17-15/h4-9H,2-3,10-12,16H2,1H3. The molecule has 0 atom stereocenters. The van der Waals surface area contributed by atoms with Crippen LogP contribution in [0.3, 0.4) is 0 Å². The molecule has 0 unspecified atom stereocenters. The van der Waals surface area contributed by atoms with Gasteiger partial charge in [0.05, 0.1) is 5.52 Å². The third-order valence-electron chi connectivity index (χ3n) is 3.09. The van der Waals surface area contributed by atoms with Gasteiger partial charge in [-0.05, 0) is 24.6 Å². The maximum Gasteiger partial charge on any atom is 0.129 e. The number of hydrogen-bond donors (Lipinski definition) is 1. The molecule has 0 saturated heterocycles. The van der Waals surface area contributed by atoms with Gasteiger partial charge in [-0.2, -0.15) is 0 Å². The highest BCUT2D eigenvalue weighted by Crippen LogP contribution is 2.18. The van der Waals surface area contributed by atoms with Crippen molar-refractivity contribution in [1.82, 2.24) is 4.98 Å². The first-order valence-corrected chi connectivity index (χ1v) is 6.66. The molecule has 3 heteroatoms. The average molecular weight is 243 g/mol. The van der Waals surface area contributed by atoms with Crippen molar-refractivity contribution in [3.8, 4) is 0 Å². The minimum atomic E-state index is 0.665. The Morgan fingerprint density at radius 2 is 1.94 bits per heavy atom. The quantitative estimate of drug-likeness (QED) is 0.848. The fourth-order valence-corrected chi connectivity index (χ4v) is 2.08. The van der Waals surface area contributed by atoms with Crippen LogP contribution in [0.1, 0.15) is 19.8 Å². The summed E-state index contributed by atoms with van der Waals surface area (Å²) in [5.41, 5.74) is 6.73. The topological polar surface area (TPSA) is 42.1 Å². The van der Waals surface area contributed by atoms with E-state index in [-0.39, 0.29) is 0 Å². The van der Waals surface area contributed by atoms with Crippen LogP contribution in [-0.4, -0.2) is 24.6 Å². The summed E-state index contributed by atoms with van der Waals surface area (Å²) >= 11 is 0. The summed E-state index contributed by atoms with van der Waals surface area (Å²) in [6.07, 6.45) is 2.36. The summed E-state index contributed by atoms with van der Waals surface area (Å²) in [6, 6.07) is 12.4. The number of anilines is 1. The van der Waals surface area contributed by atoms with Gasteiger partial charge in [-0.3, -0.25) is 0 Å². The van der Waals surface area contributed by atoms with E-state index in [1.165, 1.54) is 18.2 Å². The van der Waals surface area contributed by atoms with E-state index >= 15 is 0 Å². The molecule has 2 rings (SSSR count). The zero-order chi connectivity index (χ0) is 12.8. The summed E-state index contributed by atoms with van der Waals surface area (Å²) < 4.78 is 0. The van der Waals surface area contributed by atoms with E-state index in [1.54, 1.807) is 0 Å². The van der Waals surface area contributed by atoms with Crippen LogP contribution in [0, 0.1) is 0 Å². The third-order valence-corrected chi connectivity index (χ3v) is 3.09. The van der Waals surface area contributed by atoms with Gasteiger partial charge in [0.2, 0.25) is 0 Å². The molecule has 0 radical (unpaired) electrons. The molecule has 0 fully saturated rings. The smallest absolute Gasteiger partial charge is 0.129 e. The van der Waals surface area contributed by atoms with Gasteiger partial charge in [0.25, 0.3) is 0 Å². The molecular weight excluding hydrogens is 222 g/mol. The van der Waals surface area contributed by atoms with E-state index in [4.69, 9.17) is 10.7 Å². The molecule has 18 heavy (non-hydrogen) atoms. The summed E-state index contributed by atoms with van der Waals surface area (Å²) in [5, 5.41) is 1.18. The Labute approximate surface area is 109 Å². The Hall–Kier alpha value is -1.61. The molecule has 2 aromatic rings. The second kappa shape index (κ2) is 6.36. The highest BCUT2D eigenvalue weighted by molar-refractivity contribution is 5.80. The Morgan fingerprint density at radius 3 is 2.72 bits per heavy atom. The summed E-state index contributed by atoms with van der Waals surface area (Å²) in [6.45, 7) is 4.76. The molecule has 0 saturated carbocycles. The van der Waals surface area contributed by atoms with Crippen molar-refractivity contribution in [1.29, 1.82) is 0 Å². The van der Waals surface area contributed by atoms with Gasteiger partial charge < -0.3 is 10.6 Å². The summed E-state index contributed by atoms with van der Waals surface area (Å²) in [5.74, 6) is 1.03. The number of fused-ring (bicyclic) bond motifs is 1. The predicted octanol–water partition coefficient (Wildman–Crippen LogP) is 2.80. The molecule has 0 aliphatic heterocycles. The number of hydrogen-bond acceptors (Lipinski definition) is 3. The van der Waals surface area contributed by atoms with Gasteiger partial charge in [0, 0.05) is 25.0 Å². The summed E-state index contributed by atoms with van der Waals surface area (Å²) in [7, 11) is 0. The molecule has 1 aromatic carbocycles. The fourth-order valence-electron chi connectivity index (χ4n) is 2.08. The van der Waals surface area contributed by atoms with E-state index in [1.807, 2.05) is 12.1 Å². The molecule has 1 aromatic heterocycles. The van der Waals surface area contributed by atoms with Crippen LogP contribution in [0.25, 0.3) is 10.9 Å². The van der Waals surface area contributed by atoms with Crippen molar-refractivity contribution in [2.45, 2.75) is 19.8 Å². The monoisotopic (exact) mass is 243 g/mol. The molecule has 0 spiro atoms. The molecule has 3 nitrogen and oxygen atoms in total. The molecule has 96 valence electrons. The van der Waals surface area contributed by atoms with Crippen molar-refractivity contribution in [2.24, 2.45) is 5.73 Å². The lowest BCUT2D eigenvalue weighted by Crippen LogP contribution is -2.31. The Balaban J connectivity index is 2.25. The second-order valence-corrected chi connectivity index (χ2v) is 4.49. The minimum Gasteiger partial charge on any atom is -0.355 e. The number of rotatable bonds is 6. The largest absolute Gasteiger partial charge is 0.355 e. The van der Waals surface area contributed by atoms with Gasteiger partial charge in [-0.25, -0.2) is 4.98 Å². The number of nitrogens with two attached hydrogens (primary N) is 1. The van der Waals surface area contributed by atoms with Crippen molar-refractivity contribution in [2.75, 3.05) is 24.5 Å². The van der Waals surface area contributed by atoms with Crippen molar-refractivity contribution >= 4 is 16.7 Å². The lowest BCUT2D eigenvalue weighted by molar-refractivity contribution is 0.709. The Kier molecular flexibility index (Phi) is 4.53. The number of pyridine rings is 1. The van der Waals surface area contributed by atoms with E-state index < -0.39 is 0 Å². The van der Waals surface area contributed by atoms with Crippen molar-refractivity contribution in [3.63, 3.8) is 0 Å². The fraction of sp³-hybridized carbons (Fsp3) is 0.400. The third kappa shape index (κ3) is 2.99. The highest BCUT2D eigenvalue weighted by Gasteiger charge is 2.07. The first-order valence-electron chi connectivity index (χ1n) is 6.66. The second-order valence-electron chi connectivity index (χ2n) is 4.49. The molecular formula is C15H21N3. The summed E-state index contributed by atoms with van der Waals surface area (Å²) in [4.78, 5) is 6.99. The highest BCUT2D eigenvalue weighted by atomic mass is 15.2. The number of benzene rings is 1. The van der Waals surface area contributed by atoms with Crippen LogP contribution in [-0.2, 0) is 0 Å². The maximum atomic E-state index is 5.68. The number of unbranched alkanes of at least 4 members (excludes halogenated alkanes) is 1.